The lowest BCUT2D eigenvalue weighted by Crippen LogP contribution is -1.68. The molecular weight excluding hydrogens is 132 g/mol. The maximum Gasteiger partial charge on any atom is -0.0316 e. The van der Waals surface area contributed by atoms with Crippen molar-refractivity contribution in [3.8, 4) is 0 Å². The van der Waals surface area contributed by atoms with Crippen molar-refractivity contribution in [1.29, 1.82) is 0 Å². The quantitative estimate of drug-likeness (QED) is 0.399. The first-order valence-corrected chi connectivity index (χ1v) is 4.47. The maximum atomic E-state index is 3.79. The fraction of sp³-hybridized carbons (Fsp3) is 0.545. The van der Waals surface area contributed by atoms with Crippen molar-refractivity contribution in [2.45, 2.75) is 39.0 Å². The third kappa shape index (κ3) is 9.48. The van der Waals surface area contributed by atoms with E-state index in [1.165, 1.54) is 25.7 Å². The fourth-order valence-electron chi connectivity index (χ4n) is 0.857. The van der Waals surface area contributed by atoms with Crippen molar-refractivity contribution < 1.29 is 0 Å². The Bertz CT molecular complexity index is 109. The molecule has 0 fully saturated rings. The average molecular weight is 151 g/mol. The van der Waals surface area contributed by atoms with Crippen molar-refractivity contribution >= 4 is 0 Å². The van der Waals surface area contributed by atoms with Gasteiger partial charge in [-0.25, -0.2) is 0 Å². The Kier molecular flexibility index (Phi) is 9.03. The molecule has 0 aromatic carbocycles. The summed E-state index contributed by atoms with van der Waals surface area (Å²) < 4.78 is 0. The first-order chi connectivity index (χ1) is 5.41. The van der Waals surface area contributed by atoms with Crippen LogP contribution in [0.1, 0.15) is 39.0 Å². The zero-order valence-corrected chi connectivity index (χ0v) is 7.55. The molecule has 11 heavy (non-hydrogen) atoms. The molecule has 0 aromatic heterocycles. The van der Waals surface area contributed by atoms with E-state index < -0.39 is 0 Å². The summed E-state index contributed by atoms with van der Waals surface area (Å²) in [4.78, 5) is 0. The van der Waals surface area contributed by atoms with Gasteiger partial charge in [-0.05, 0) is 32.6 Å². The molecule has 0 heteroatoms. The van der Waals surface area contributed by atoms with Gasteiger partial charge in [-0.2, -0.15) is 0 Å². The Morgan fingerprint density at radius 1 is 1.00 bits per heavy atom. The summed E-state index contributed by atoms with van der Waals surface area (Å²) in [5, 5.41) is 0. The molecule has 0 spiro atoms. The normalized spacial score (nSPS) is 11.8. The third-order valence-corrected chi connectivity index (χ3v) is 1.52. The van der Waals surface area contributed by atoms with Crippen molar-refractivity contribution in [1.82, 2.24) is 0 Å². The predicted molar refractivity (Wildman–Crippen MR) is 52.4 cm³/mol. The second kappa shape index (κ2) is 9.48. The van der Waals surface area contributed by atoms with E-state index >= 15 is 0 Å². The second-order valence-corrected chi connectivity index (χ2v) is 2.61. The molecule has 0 N–H and O–H groups in total. The van der Waals surface area contributed by atoms with E-state index in [0.717, 1.165) is 6.42 Å². The Balaban J connectivity index is 3.03. The molecule has 0 aliphatic heterocycles. The Hall–Kier alpha value is -0.520. The minimum Gasteiger partial charge on any atom is -0.0917 e. The Morgan fingerprint density at radius 3 is 2.27 bits per heavy atom. The van der Waals surface area contributed by atoms with Gasteiger partial charge in [0.05, 0.1) is 0 Å². The van der Waals surface area contributed by atoms with Crippen LogP contribution < -0.4 is 0 Å². The average Bonchev–Trinajstić information content (AvgIpc) is 2.03. The molecule has 0 rings (SSSR count). The van der Waals surface area contributed by atoms with E-state index in [9.17, 15) is 0 Å². The minimum absolute atomic E-state index is 1.05. The standard InChI is InChI=1S/C11H19/c1-3-5-7-9-11-10-8-6-4-2/h4,6,9,11H,1,3,5,7-8,10H2,2H3/b6-4+,11-9+. The van der Waals surface area contributed by atoms with Gasteiger partial charge in [0.25, 0.3) is 0 Å². The molecule has 63 valence electrons. The maximum absolute atomic E-state index is 3.79. The smallest absolute Gasteiger partial charge is 0.0316 e. The van der Waals surface area contributed by atoms with Crippen LogP contribution >= 0.6 is 0 Å². The summed E-state index contributed by atoms with van der Waals surface area (Å²) in [7, 11) is 0. The molecular formula is C11H19. The van der Waals surface area contributed by atoms with Crippen LogP contribution in [-0.2, 0) is 0 Å². The molecule has 0 saturated heterocycles. The van der Waals surface area contributed by atoms with Crippen LogP contribution in [0.25, 0.3) is 0 Å². The molecule has 0 atom stereocenters. The number of unbranched alkanes of at least 4 members (excludes halogenated alkanes) is 3. The van der Waals surface area contributed by atoms with Gasteiger partial charge >= 0.3 is 0 Å². The summed E-state index contributed by atoms with van der Waals surface area (Å²) >= 11 is 0. The zero-order chi connectivity index (χ0) is 8.36. The molecule has 0 unspecified atom stereocenters. The third-order valence-electron chi connectivity index (χ3n) is 1.52. The molecule has 0 saturated carbocycles. The summed E-state index contributed by atoms with van der Waals surface area (Å²) in [6.45, 7) is 5.85. The molecule has 0 aliphatic rings. The van der Waals surface area contributed by atoms with E-state index in [1.54, 1.807) is 0 Å². The van der Waals surface area contributed by atoms with Crippen molar-refractivity contribution in [3.63, 3.8) is 0 Å². The zero-order valence-electron chi connectivity index (χ0n) is 7.55. The van der Waals surface area contributed by atoms with E-state index in [0.29, 0.717) is 0 Å². The van der Waals surface area contributed by atoms with Crippen LogP contribution in [0.2, 0.25) is 0 Å². The van der Waals surface area contributed by atoms with Gasteiger partial charge in [-0.15, -0.1) is 0 Å². The van der Waals surface area contributed by atoms with Crippen LogP contribution in [0.4, 0.5) is 0 Å². The highest BCUT2D eigenvalue weighted by atomic mass is 13.8. The Labute approximate surface area is 71.0 Å². The number of allylic oxidation sites excluding steroid dienone is 4. The van der Waals surface area contributed by atoms with Gasteiger partial charge in [0.1, 0.15) is 0 Å². The lowest BCUT2D eigenvalue weighted by Gasteiger charge is -1.88. The van der Waals surface area contributed by atoms with Crippen molar-refractivity contribution in [3.05, 3.63) is 31.2 Å². The lowest BCUT2D eigenvalue weighted by atomic mass is 10.2. The number of rotatable bonds is 6. The lowest BCUT2D eigenvalue weighted by molar-refractivity contribution is 0.860. The van der Waals surface area contributed by atoms with Gasteiger partial charge in [0.2, 0.25) is 0 Å². The molecule has 0 nitrogen and oxygen atoms in total. The molecule has 0 heterocycles. The molecule has 1 radical (unpaired) electrons. The summed E-state index contributed by atoms with van der Waals surface area (Å²) in [6.07, 6.45) is 14.7. The highest BCUT2D eigenvalue weighted by Gasteiger charge is 1.78. The van der Waals surface area contributed by atoms with Gasteiger partial charge in [-0.1, -0.05) is 37.6 Å². The molecule has 0 aliphatic carbocycles. The summed E-state index contributed by atoms with van der Waals surface area (Å²) in [5.41, 5.74) is 0. The Morgan fingerprint density at radius 2 is 1.64 bits per heavy atom. The van der Waals surface area contributed by atoms with Crippen LogP contribution in [0, 0.1) is 6.92 Å². The first kappa shape index (κ1) is 10.5. The monoisotopic (exact) mass is 151 g/mol. The number of hydrogen-bond acceptors (Lipinski definition) is 0. The second-order valence-electron chi connectivity index (χ2n) is 2.61. The van der Waals surface area contributed by atoms with E-state index in [2.05, 4.69) is 38.2 Å². The molecule has 0 aromatic rings. The highest BCUT2D eigenvalue weighted by molar-refractivity contribution is 4.86. The van der Waals surface area contributed by atoms with Crippen molar-refractivity contribution in [2.24, 2.45) is 0 Å². The SMILES string of the molecule is [CH2]CCC/C=C/CC/C=C/C. The summed E-state index contributed by atoms with van der Waals surface area (Å²) in [5.74, 6) is 0. The predicted octanol–water partition coefficient (Wildman–Crippen LogP) is 3.90. The van der Waals surface area contributed by atoms with Crippen LogP contribution in [0.3, 0.4) is 0 Å². The van der Waals surface area contributed by atoms with E-state index in [-0.39, 0.29) is 0 Å². The first-order valence-electron chi connectivity index (χ1n) is 4.47. The highest BCUT2D eigenvalue weighted by Crippen LogP contribution is 1.98. The van der Waals surface area contributed by atoms with Crippen molar-refractivity contribution in [2.75, 3.05) is 0 Å². The minimum atomic E-state index is 1.05. The van der Waals surface area contributed by atoms with Gasteiger partial charge in [0.15, 0.2) is 0 Å². The van der Waals surface area contributed by atoms with Crippen LogP contribution in [-0.4, -0.2) is 0 Å². The largest absolute Gasteiger partial charge is 0.0917 e. The van der Waals surface area contributed by atoms with Crippen LogP contribution in [0.5, 0.6) is 0 Å². The van der Waals surface area contributed by atoms with Gasteiger partial charge in [0, 0.05) is 0 Å². The van der Waals surface area contributed by atoms with Crippen LogP contribution in [0.15, 0.2) is 24.3 Å². The van der Waals surface area contributed by atoms with Gasteiger partial charge < -0.3 is 0 Å². The van der Waals surface area contributed by atoms with E-state index in [4.69, 9.17) is 0 Å². The number of hydrogen-bond donors (Lipinski definition) is 0. The van der Waals surface area contributed by atoms with E-state index in [1.807, 2.05) is 0 Å². The molecule has 0 bridgehead atoms. The van der Waals surface area contributed by atoms with Gasteiger partial charge in [-0.3, -0.25) is 0 Å². The molecule has 0 amide bonds. The fourth-order valence-corrected chi connectivity index (χ4v) is 0.857. The summed E-state index contributed by atoms with van der Waals surface area (Å²) in [6, 6.07) is 0. The topological polar surface area (TPSA) is 0 Å².